The fourth-order valence-electron chi connectivity index (χ4n) is 2.05. The zero-order valence-corrected chi connectivity index (χ0v) is 13.3. The van der Waals surface area contributed by atoms with Gasteiger partial charge in [-0.25, -0.2) is 0 Å². The SMILES string of the molecule is COc1ccc(-c2nc(C#N)c(SCc3ccccc3)o2)cc1. The van der Waals surface area contributed by atoms with Crippen LogP contribution in [0.3, 0.4) is 0 Å². The monoisotopic (exact) mass is 322 g/mol. The Hall–Kier alpha value is -2.71. The van der Waals surface area contributed by atoms with Crippen molar-refractivity contribution in [3.8, 4) is 23.3 Å². The Morgan fingerprint density at radius 1 is 1.13 bits per heavy atom. The Kier molecular flexibility index (Phi) is 4.65. The van der Waals surface area contributed by atoms with E-state index in [2.05, 4.69) is 11.1 Å². The topological polar surface area (TPSA) is 59.0 Å². The molecule has 0 spiro atoms. The molecule has 0 aliphatic carbocycles. The first-order chi connectivity index (χ1) is 11.3. The molecule has 4 nitrogen and oxygen atoms in total. The third-order valence-electron chi connectivity index (χ3n) is 3.25. The van der Waals surface area contributed by atoms with E-state index in [0.717, 1.165) is 17.1 Å². The van der Waals surface area contributed by atoms with Gasteiger partial charge in [-0.15, -0.1) is 0 Å². The molecule has 0 fully saturated rings. The van der Waals surface area contributed by atoms with Crippen LogP contribution >= 0.6 is 11.8 Å². The molecule has 0 aliphatic rings. The van der Waals surface area contributed by atoms with Gasteiger partial charge in [0, 0.05) is 11.3 Å². The van der Waals surface area contributed by atoms with Crippen molar-refractivity contribution >= 4 is 11.8 Å². The largest absolute Gasteiger partial charge is 0.497 e. The molecule has 0 saturated heterocycles. The van der Waals surface area contributed by atoms with Crippen molar-refractivity contribution in [2.45, 2.75) is 10.8 Å². The van der Waals surface area contributed by atoms with E-state index < -0.39 is 0 Å². The lowest BCUT2D eigenvalue weighted by Gasteiger charge is -2.00. The van der Waals surface area contributed by atoms with Crippen molar-refractivity contribution in [2.75, 3.05) is 7.11 Å². The quantitative estimate of drug-likeness (QED) is 0.647. The average molecular weight is 322 g/mol. The smallest absolute Gasteiger partial charge is 0.228 e. The van der Waals surface area contributed by atoms with E-state index in [-0.39, 0.29) is 0 Å². The standard InChI is InChI=1S/C18H14N2O2S/c1-21-15-9-7-14(8-10-15)17-20-16(11-19)18(22-17)23-12-13-5-3-2-4-6-13/h2-10H,12H2,1H3. The summed E-state index contributed by atoms with van der Waals surface area (Å²) in [5.74, 6) is 1.94. The van der Waals surface area contributed by atoms with Crippen molar-refractivity contribution in [2.24, 2.45) is 0 Å². The van der Waals surface area contributed by atoms with Gasteiger partial charge in [-0.05, 0) is 29.8 Å². The first-order valence-corrected chi connectivity index (χ1v) is 8.01. The number of aromatic nitrogens is 1. The van der Waals surface area contributed by atoms with Crippen molar-refractivity contribution in [3.63, 3.8) is 0 Å². The molecule has 0 aliphatic heterocycles. The third-order valence-corrected chi connectivity index (χ3v) is 4.27. The highest BCUT2D eigenvalue weighted by Gasteiger charge is 2.15. The molecule has 0 N–H and O–H groups in total. The van der Waals surface area contributed by atoms with E-state index in [9.17, 15) is 5.26 Å². The van der Waals surface area contributed by atoms with Gasteiger partial charge >= 0.3 is 0 Å². The summed E-state index contributed by atoms with van der Waals surface area (Å²) >= 11 is 1.47. The van der Waals surface area contributed by atoms with Gasteiger partial charge in [-0.2, -0.15) is 10.2 Å². The summed E-state index contributed by atoms with van der Waals surface area (Å²) in [4.78, 5) is 4.28. The molecule has 0 radical (unpaired) electrons. The molecule has 3 aromatic rings. The van der Waals surface area contributed by atoms with Crippen molar-refractivity contribution < 1.29 is 9.15 Å². The molecule has 23 heavy (non-hydrogen) atoms. The van der Waals surface area contributed by atoms with Crippen LogP contribution in [0.4, 0.5) is 0 Å². The molecular weight excluding hydrogens is 308 g/mol. The molecule has 0 unspecified atom stereocenters. The zero-order valence-electron chi connectivity index (χ0n) is 12.5. The second-order valence-corrected chi connectivity index (χ2v) is 5.72. The summed E-state index contributed by atoms with van der Waals surface area (Å²) in [6, 6.07) is 19.5. The van der Waals surface area contributed by atoms with E-state index in [1.54, 1.807) is 7.11 Å². The highest BCUT2D eigenvalue weighted by Crippen LogP contribution is 2.31. The maximum absolute atomic E-state index is 9.25. The Balaban J connectivity index is 1.81. The minimum atomic E-state index is 0.316. The van der Waals surface area contributed by atoms with Crippen LogP contribution in [0.5, 0.6) is 5.75 Å². The number of rotatable bonds is 5. The van der Waals surface area contributed by atoms with Crippen molar-refractivity contribution in [3.05, 3.63) is 65.9 Å². The van der Waals surface area contributed by atoms with E-state index in [1.807, 2.05) is 54.6 Å². The Morgan fingerprint density at radius 2 is 1.87 bits per heavy atom. The number of nitrogens with zero attached hydrogens (tertiary/aromatic N) is 2. The molecule has 1 heterocycles. The summed E-state index contributed by atoms with van der Waals surface area (Å²) in [6.45, 7) is 0. The molecule has 0 atom stereocenters. The van der Waals surface area contributed by atoms with Gasteiger partial charge < -0.3 is 9.15 Å². The van der Waals surface area contributed by atoms with Gasteiger partial charge in [0.1, 0.15) is 11.8 Å². The van der Waals surface area contributed by atoms with Gasteiger partial charge in [-0.1, -0.05) is 42.1 Å². The number of hydrogen-bond donors (Lipinski definition) is 0. The van der Waals surface area contributed by atoms with E-state index in [1.165, 1.54) is 17.3 Å². The van der Waals surface area contributed by atoms with Crippen molar-refractivity contribution in [1.82, 2.24) is 4.98 Å². The van der Waals surface area contributed by atoms with Gasteiger partial charge in [-0.3, -0.25) is 0 Å². The molecule has 0 bridgehead atoms. The normalized spacial score (nSPS) is 10.3. The summed E-state index contributed by atoms with van der Waals surface area (Å²) in [7, 11) is 1.62. The van der Waals surface area contributed by atoms with Crippen LogP contribution in [0.15, 0.2) is 64.1 Å². The maximum atomic E-state index is 9.25. The third kappa shape index (κ3) is 3.55. The second kappa shape index (κ2) is 7.03. The maximum Gasteiger partial charge on any atom is 0.228 e. The summed E-state index contributed by atoms with van der Waals surface area (Å²) in [5, 5.41) is 9.80. The first-order valence-electron chi connectivity index (χ1n) is 7.02. The number of benzene rings is 2. The minimum Gasteiger partial charge on any atom is -0.497 e. The molecule has 114 valence electrons. The lowest BCUT2D eigenvalue weighted by Crippen LogP contribution is -1.83. The second-order valence-electron chi connectivity index (χ2n) is 4.77. The fraction of sp³-hybridized carbons (Fsp3) is 0.111. The number of methoxy groups -OCH3 is 1. The number of ether oxygens (including phenoxy) is 1. The minimum absolute atomic E-state index is 0.316. The Morgan fingerprint density at radius 3 is 2.52 bits per heavy atom. The van der Waals surface area contributed by atoms with Crippen molar-refractivity contribution in [1.29, 1.82) is 5.26 Å². The Bertz CT molecular complexity index is 820. The van der Waals surface area contributed by atoms with Gasteiger partial charge in [0.25, 0.3) is 0 Å². The summed E-state index contributed by atoms with van der Waals surface area (Å²) in [6.07, 6.45) is 0. The van der Waals surface area contributed by atoms with Gasteiger partial charge in [0.2, 0.25) is 5.89 Å². The average Bonchev–Trinajstić information content (AvgIpc) is 3.04. The highest BCUT2D eigenvalue weighted by atomic mass is 32.2. The fourth-order valence-corrected chi connectivity index (χ4v) is 2.91. The molecule has 0 saturated carbocycles. The molecular formula is C18H14N2O2S. The van der Waals surface area contributed by atoms with E-state index in [0.29, 0.717) is 16.7 Å². The van der Waals surface area contributed by atoms with Gasteiger partial charge in [0.05, 0.1) is 7.11 Å². The van der Waals surface area contributed by atoms with Crippen LogP contribution in [-0.2, 0) is 5.75 Å². The first kappa shape index (κ1) is 15.2. The molecule has 0 amide bonds. The van der Waals surface area contributed by atoms with Crippen LogP contribution < -0.4 is 4.74 Å². The lowest BCUT2D eigenvalue weighted by atomic mass is 10.2. The zero-order chi connectivity index (χ0) is 16.1. The summed E-state index contributed by atoms with van der Waals surface area (Å²) in [5.41, 5.74) is 2.30. The predicted octanol–water partition coefficient (Wildman–Crippen LogP) is 4.51. The summed E-state index contributed by atoms with van der Waals surface area (Å²) < 4.78 is 10.9. The highest BCUT2D eigenvalue weighted by molar-refractivity contribution is 7.98. The van der Waals surface area contributed by atoms with Gasteiger partial charge in [0.15, 0.2) is 10.8 Å². The molecule has 3 rings (SSSR count). The predicted molar refractivity (Wildman–Crippen MR) is 89.2 cm³/mol. The van der Waals surface area contributed by atoms with E-state index in [4.69, 9.17) is 9.15 Å². The lowest BCUT2D eigenvalue weighted by molar-refractivity contribution is 0.414. The number of nitriles is 1. The molecule has 1 aromatic heterocycles. The van der Waals surface area contributed by atoms with Crippen LogP contribution in [0.25, 0.3) is 11.5 Å². The van der Waals surface area contributed by atoms with Crippen LogP contribution in [-0.4, -0.2) is 12.1 Å². The Labute approximate surface area is 138 Å². The number of thioether (sulfide) groups is 1. The molecule has 2 aromatic carbocycles. The number of oxazole rings is 1. The molecule has 5 heteroatoms. The number of hydrogen-bond acceptors (Lipinski definition) is 5. The van der Waals surface area contributed by atoms with Crippen LogP contribution in [0.1, 0.15) is 11.3 Å². The van der Waals surface area contributed by atoms with E-state index >= 15 is 0 Å². The van der Waals surface area contributed by atoms with Crippen LogP contribution in [0.2, 0.25) is 0 Å². The van der Waals surface area contributed by atoms with Crippen LogP contribution in [0, 0.1) is 11.3 Å².